The highest BCUT2D eigenvalue weighted by Gasteiger charge is 2.35. The maximum absolute atomic E-state index is 5.08. The summed E-state index contributed by atoms with van der Waals surface area (Å²) in [6, 6.07) is 67.7. The molecule has 9 aromatic rings. The smallest absolute Gasteiger partial charge is 0.164 e. The van der Waals surface area contributed by atoms with E-state index in [1.807, 2.05) is 18.2 Å². The maximum atomic E-state index is 5.08. The summed E-state index contributed by atoms with van der Waals surface area (Å²) in [5, 5.41) is 4.91. The van der Waals surface area contributed by atoms with E-state index in [1.54, 1.807) is 0 Å². The molecule has 1 saturated carbocycles. The predicted molar refractivity (Wildman–Crippen MR) is 232 cm³/mol. The van der Waals surface area contributed by atoms with Gasteiger partial charge in [0, 0.05) is 22.1 Å². The van der Waals surface area contributed by atoms with Gasteiger partial charge in [0.05, 0.1) is 0 Å². The fraction of sp³-hybridized carbons (Fsp3) is 0.113. The average molecular weight is 720 g/mol. The number of hydrogen-bond donors (Lipinski definition) is 0. The second-order valence-corrected chi connectivity index (χ2v) is 15.1. The number of aromatic nitrogens is 3. The zero-order valence-electron chi connectivity index (χ0n) is 31.3. The van der Waals surface area contributed by atoms with Crippen molar-refractivity contribution in [1.29, 1.82) is 0 Å². The molecule has 0 spiro atoms. The third-order valence-electron chi connectivity index (χ3n) is 11.8. The fourth-order valence-electron chi connectivity index (χ4n) is 8.84. The summed E-state index contributed by atoms with van der Waals surface area (Å²) in [4.78, 5) is 15.1. The topological polar surface area (TPSA) is 38.7 Å². The summed E-state index contributed by atoms with van der Waals surface area (Å²) >= 11 is 0. The molecule has 1 heterocycles. The van der Waals surface area contributed by atoms with Gasteiger partial charge >= 0.3 is 0 Å². The van der Waals surface area contributed by atoms with Gasteiger partial charge in [-0.1, -0.05) is 195 Å². The Hall–Kier alpha value is -6.71. The zero-order valence-corrected chi connectivity index (χ0v) is 31.3. The van der Waals surface area contributed by atoms with Crippen LogP contribution in [0.3, 0.4) is 0 Å². The van der Waals surface area contributed by atoms with Gasteiger partial charge in [-0.2, -0.15) is 0 Å². The summed E-state index contributed by atoms with van der Waals surface area (Å²) in [5.41, 5.74) is 10.6. The van der Waals surface area contributed by atoms with Crippen molar-refractivity contribution in [2.45, 2.75) is 37.5 Å². The van der Waals surface area contributed by atoms with E-state index in [0.29, 0.717) is 17.5 Å². The molecule has 1 aliphatic rings. The quantitative estimate of drug-likeness (QED) is 0.165. The number of nitrogens with zero attached hydrogens (tertiary/aromatic N) is 3. The summed E-state index contributed by atoms with van der Waals surface area (Å²) < 4.78 is 0. The van der Waals surface area contributed by atoms with Crippen molar-refractivity contribution in [3.8, 4) is 56.4 Å². The number of benzene rings is 8. The van der Waals surface area contributed by atoms with Crippen LogP contribution in [0.25, 0.3) is 78.0 Å². The van der Waals surface area contributed by atoms with E-state index in [0.717, 1.165) is 34.9 Å². The summed E-state index contributed by atoms with van der Waals surface area (Å²) in [5.74, 6) is 2.03. The van der Waals surface area contributed by atoms with Crippen molar-refractivity contribution >= 4 is 21.5 Å². The molecule has 0 atom stereocenters. The Morgan fingerprint density at radius 2 is 0.839 bits per heavy atom. The van der Waals surface area contributed by atoms with Crippen LogP contribution in [-0.4, -0.2) is 15.0 Å². The van der Waals surface area contributed by atoms with E-state index in [-0.39, 0.29) is 5.41 Å². The van der Waals surface area contributed by atoms with Crippen LogP contribution < -0.4 is 0 Å². The van der Waals surface area contributed by atoms with Crippen LogP contribution in [0.5, 0.6) is 0 Å². The minimum atomic E-state index is -0.0370. The molecule has 0 unspecified atom stereocenters. The SMILES string of the molecule is c1ccc(-c2nc(-c3ccc(C4(c5ccc(-c6cccc(-c7cccc8ccccc78)c6)cc5)CCCCC4)cc3)nc(-c3ccc4ccccc4c3)n2)cc1. The lowest BCUT2D eigenvalue weighted by molar-refractivity contribution is 0.346. The van der Waals surface area contributed by atoms with Gasteiger partial charge in [-0.3, -0.25) is 0 Å². The van der Waals surface area contributed by atoms with Crippen molar-refractivity contribution in [3.63, 3.8) is 0 Å². The van der Waals surface area contributed by atoms with E-state index >= 15 is 0 Å². The van der Waals surface area contributed by atoms with Gasteiger partial charge in [0.1, 0.15) is 0 Å². The van der Waals surface area contributed by atoms with Crippen LogP contribution >= 0.6 is 0 Å². The monoisotopic (exact) mass is 719 g/mol. The number of rotatable bonds is 7. The van der Waals surface area contributed by atoms with E-state index in [1.165, 1.54) is 68.8 Å². The predicted octanol–water partition coefficient (Wildman–Crippen LogP) is 13.8. The first-order valence-corrected chi connectivity index (χ1v) is 19.8. The molecule has 3 heteroatoms. The Bertz CT molecular complexity index is 2810. The van der Waals surface area contributed by atoms with Crippen LogP contribution in [0.4, 0.5) is 0 Å². The van der Waals surface area contributed by atoms with Gasteiger partial charge in [0.2, 0.25) is 0 Å². The van der Waals surface area contributed by atoms with Crippen LogP contribution in [0.1, 0.15) is 43.2 Å². The fourth-order valence-corrected chi connectivity index (χ4v) is 8.84. The Kier molecular flexibility index (Phi) is 8.76. The van der Waals surface area contributed by atoms with E-state index in [9.17, 15) is 0 Å². The molecule has 0 radical (unpaired) electrons. The zero-order chi connectivity index (χ0) is 37.3. The van der Waals surface area contributed by atoms with Crippen molar-refractivity contribution in [2.75, 3.05) is 0 Å². The van der Waals surface area contributed by atoms with Gasteiger partial charge in [-0.05, 0) is 79.9 Å². The Balaban J connectivity index is 0.987. The normalized spacial score (nSPS) is 13.9. The molecule has 56 heavy (non-hydrogen) atoms. The summed E-state index contributed by atoms with van der Waals surface area (Å²) in [7, 11) is 0. The van der Waals surface area contributed by atoms with E-state index < -0.39 is 0 Å². The third kappa shape index (κ3) is 6.35. The average Bonchev–Trinajstić information content (AvgIpc) is 3.29. The molecule has 0 bridgehead atoms. The van der Waals surface area contributed by atoms with Gasteiger partial charge in [-0.25, -0.2) is 15.0 Å². The Labute approximate surface area is 328 Å². The van der Waals surface area contributed by atoms with Crippen molar-refractivity contribution in [2.24, 2.45) is 0 Å². The van der Waals surface area contributed by atoms with Crippen LogP contribution in [-0.2, 0) is 5.41 Å². The maximum Gasteiger partial charge on any atom is 0.164 e. The summed E-state index contributed by atoms with van der Waals surface area (Å²) in [6.45, 7) is 0. The lowest BCUT2D eigenvalue weighted by Gasteiger charge is -2.39. The minimum absolute atomic E-state index is 0.0370. The highest BCUT2D eigenvalue weighted by Crippen LogP contribution is 2.46. The first kappa shape index (κ1) is 33.8. The van der Waals surface area contributed by atoms with E-state index in [4.69, 9.17) is 15.0 Å². The molecule has 8 aromatic carbocycles. The Morgan fingerprint density at radius 3 is 1.57 bits per heavy atom. The van der Waals surface area contributed by atoms with Gasteiger partial charge in [0.15, 0.2) is 17.5 Å². The Morgan fingerprint density at radius 1 is 0.321 bits per heavy atom. The highest BCUT2D eigenvalue weighted by molar-refractivity contribution is 5.97. The molecule has 1 aromatic heterocycles. The van der Waals surface area contributed by atoms with Crippen LogP contribution in [0.2, 0.25) is 0 Å². The molecule has 0 saturated heterocycles. The molecule has 0 amide bonds. The van der Waals surface area contributed by atoms with Crippen molar-refractivity contribution in [1.82, 2.24) is 15.0 Å². The molecular weight excluding hydrogens is 679 g/mol. The standard InChI is InChI=1S/C53H41N3/c1-3-15-40(16-4-1)50-54-51(56-52(55-50)45-24-23-37-13-5-6-17-42(37)36-45)41-27-31-47(32-28-41)53(33-9-2-10-34-53)46-29-25-38(26-30-46)43-19-11-20-44(35-43)49-22-12-18-39-14-7-8-21-48(39)49/h1,3-8,11-32,35-36H,2,9-10,33-34H2. The van der Waals surface area contributed by atoms with Crippen molar-refractivity contribution in [3.05, 3.63) is 199 Å². The lowest BCUT2D eigenvalue weighted by atomic mass is 9.65. The molecule has 1 fully saturated rings. The lowest BCUT2D eigenvalue weighted by Crippen LogP contribution is -2.30. The molecule has 268 valence electrons. The highest BCUT2D eigenvalue weighted by atomic mass is 15.0. The molecular formula is C53H41N3. The van der Waals surface area contributed by atoms with Gasteiger partial charge < -0.3 is 0 Å². The summed E-state index contributed by atoms with van der Waals surface area (Å²) in [6.07, 6.45) is 6.00. The second kappa shape index (κ2) is 14.5. The minimum Gasteiger partial charge on any atom is -0.208 e. The van der Waals surface area contributed by atoms with Crippen LogP contribution in [0, 0.1) is 0 Å². The number of fused-ring (bicyclic) bond motifs is 2. The molecule has 0 aliphatic heterocycles. The molecule has 0 N–H and O–H groups in total. The van der Waals surface area contributed by atoms with Crippen LogP contribution in [0.15, 0.2) is 188 Å². The van der Waals surface area contributed by atoms with Crippen molar-refractivity contribution < 1.29 is 0 Å². The molecule has 3 nitrogen and oxygen atoms in total. The first-order chi connectivity index (χ1) is 27.7. The second-order valence-electron chi connectivity index (χ2n) is 15.1. The van der Waals surface area contributed by atoms with E-state index in [2.05, 4.69) is 170 Å². The largest absolute Gasteiger partial charge is 0.208 e. The molecule has 1 aliphatic carbocycles. The number of hydrogen-bond acceptors (Lipinski definition) is 3. The third-order valence-corrected chi connectivity index (χ3v) is 11.8. The van der Waals surface area contributed by atoms with Gasteiger partial charge in [-0.15, -0.1) is 0 Å². The first-order valence-electron chi connectivity index (χ1n) is 19.8. The van der Waals surface area contributed by atoms with Gasteiger partial charge in [0.25, 0.3) is 0 Å². The molecule has 10 rings (SSSR count).